The Morgan fingerprint density at radius 2 is 2.17 bits per heavy atom. The Morgan fingerprint density at radius 3 is 2.87 bits per heavy atom. The number of carbonyl (C=O) groups is 1. The largest absolute Gasteiger partial charge is 0.349 e. The molecule has 0 aliphatic carbocycles. The van der Waals surface area contributed by atoms with Crippen LogP contribution >= 0.6 is 0 Å². The van der Waals surface area contributed by atoms with Crippen LogP contribution in [-0.2, 0) is 0 Å². The van der Waals surface area contributed by atoms with E-state index >= 15 is 0 Å². The Bertz CT molecular complexity index is 914. The fourth-order valence-electron chi connectivity index (χ4n) is 4.49. The minimum atomic E-state index is -0.415. The highest BCUT2D eigenvalue weighted by molar-refractivity contribution is 6.01. The van der Waals surface area contributed by atoms with Crippen molar-refractivity contribution in [2.75, 3.05) is 42.5 Å². The van der Waals surface area contributed by atoms with Gasteiger partial charge in [-0.15, -0.1) is 0 Å². The van der Waals surface area contributed by atoms with Gasteiger partial charge in [0, 0.05) is 38.3 Å². The van der Waals surface area contributed by atoms with Gasteiger partial charge in [0.05, 0.1) is 17.4 Å². The standard InChI is InChI=1S/C22H29FN6O/c1-4-27(15(2)3)22(30)18-11-16(23)5-6-19(18)29-10-9-28(17-7-8-24-12-17)21-20(29)13-25-14-26-21/h5-6,11,13-15,17,24H,4,7-10,12H2,1-3H3. The van der Waals surface area contributed by atoms with Crippen LogP contribution < -0.4 is 15.1 Å². The van der Waals surface area contributed by atoms with Gasteiger partial charge < -0.3 is 20.0 Å². The maximum Gasteiger partial charge on any atom is 0.256 e. The molecule has 1 fully saturated rings. The number of fused-ring (bicyclic) bond motifs is 1. The van der Waals surface area contributed by atoms with Crippen molar-refractivity contribution in [2.45, 2.75) is 39.3 Å². The van der Waals surface area contributed by atoms with Crippen molar-refractivity contribution in [3.05, 3.63) is 42.1 Å². The summed E-state index contributed by atoms with van der Waals surface area (Å²) in [6, 6.07) is 4.88. The molecule has 1 aromatic carbocycles. The van der Waals surface area contributed by atoms with Crippen LogP contribution in [-0.4, -0.2) is 65.6 Å². The third kappa shape index (κ3) is 3.71. The molecular weight excluding hydrogens is 383 g/mol. The second-order valence-corrected chi connectivity index (χ2v) is 8.07. The third-order valence-electron chi connectivity index (χ3n) is 5.98. The first-order valence-corrected chi connectivity index (χ1v) is 10.7. The predicted octanol–water partition coefficient (Wildman–Crippen LogP) is 2.81. The molecule has 2 aliphatic rings. The number of nitrogens with zero attached hydrogens (tertiary/aromatic N) is 5. The molecule has 1 atom stereocenters. The molecular formula is C22H29FN6O. The molecule has 1 aromatic heterocycles. The molecule has 1 N–H and O–H groups in total. The Balaban J connectivity index is 1.75. The molecule has 30 heavy (non-hydrogen) atoms. The fraction of sp³-hybridized carbons (Fsp3) is 0.500. The average Bonchev–Trinajstić information content (AvgIpc) is 3.28. The van der Waals surface area contributed by atoms with Gasteiger partial charge in [0.1, 0.15) is 17.8 Å². The summed E-state index contributed by atoms with van der Waals surface area (Å²) < 4.78 is 14.2. The lowest BCUT2D eigenvalue weighted by Gasteiger charge is -2.41. The Kier molecular flexibility index (Phi) is 5.85. The van der Waals surface area contributed by atoms with Crippen LogP contribution in [0.3, 0.4) is 0 Å². The van der Waals surface area contributed by atoms with E-state index in [0.717, 1.165) is 37.6 Å². The van der Waals surface area contributed by atoms with Crippen molar-refractivity contribution in [2.24, 2.45) is 0 Å². The van der Waals surface area contributed by atoms with Crippen molar-refractivity contribution < 1.29 is 9.18 Å². The summed E-state index contributed by atoms with van der Waals surface area (Å²) in [7, 11) is 0. The summed E-state index contributed by atoms with van der Waals surface area (Å²) in [5.41, 5.74) is 1.92. The van der Waals surface area contributed by atoms with Gasteiger partial charge in [-0.3, -0.25) is 4.79 Å². The van der Waals surface area contributed by atoms with Crippen molar-refractivity contribution in [1.29, 1.82) is 0 Å². The number of halogens is 1. The van der Waals surface area contributed by atoms with E-state index in [1.54, 1.807) is 23.5 Å². The minimum Gasteiger partial charge on any atom is -0.349 e. The van der Waals surface area contributed by atoms with E-state index in [0.29, 0.717) is 30.4 Å². The van der Waals surface area contributed by atoms with Crippen LogP contribution in [0.2, 0.25) is 0 Å². The highest BCUT2D eigenvalue weighted by atomic mass is 19.1. The SMILES string of the molecule is CCN(C(=O)c1cc(F)ccc1N1CCN(C2CCNC2)c2ncncc21)C(C)C. The number of benzene rings is 1. The molecule has 0 radical (unpaired) electrons. The quantitative estimate of drug-likeness (QED) is 0.815. The molecule has 0 spiro atoms. The molecule has 160 valence electrons. The van der Waals surface area contributed by atoms with Crippen molar-refractivity contribution in [3.63, 3.8) is 0 Å². The number of carbonyl (C=O) groups excluding carboxylic acids is 1. The highest BCUT2D eigenvalue weighted by Crippen LogP contribution is 2.39. The smallest absolute Gasteiger partial charge is 0.256 e. The van der Waals surface area contributed by atoms with Crippen LogP contribution in [0.1, 0.15) is 37.6 Å². The zero-order valence-corrected chi connectivity index (χ0v) is 17.8. The maximum atomic E-state index is 14.2. The monoisotopic (exact) mass is 412 g/mol. The van der Waals surface area contributed by atoms with Gasteiger partial charge in [0.25, 0.3) is 5.91 Å². The van der Waals surface area contributed by atoms with Crippen LogP contribution in [0, 0.1) is 5.82 Å². The van der Waals surface area contributed by atoms with E-state index in [-0.39, 0.29) is 11.9 Å². The maximum absolute atomic E-state index is 14.2. The molecule has 0 saturated carbocycles. The number of hydrogen-bond donors (Lipinski definition) is 1. The summed E-state index contributed by atoms with van der Waals surface area (Å²) in [5, 5.41) is 3.41. The highest BCUT2D eigenvalue weighted by Gasteiger charge is 2.33. The van der Waals surface area contributed by atoms with E-state index in [1.165, 1.54) is 12.1 Å². The number of hydrogen-bond acceptors (Lipinski definition) is 6. The van der Waals surface area contributed by atoms with Crippen molar-refractivity contribution in [1.82, 2.24) is 20.2 Å². The van der Waals surface area contributed by atoms with Gasteiger partial charge in [0.2, 0.25) is 0 Å². The molecule has 1 amide bonds. The first kappa shape index (κ1) is 20.5. The lowest BCUT2D eigenvalue weighted by atomic mass is 10.1. The molecule has 2 aromatic rings. The molecule has 0 bridgehead atoms. The van der Waals surface area contributed by atoms with E-state index in [9.17, 15) is 9.18 Å². The molecule has 1 unspecified atom stereocenters. The normalized spacial score (nSPS) is 18.6. The molecule has 1 saturated heterocycles. The molecule has 4 rings (SSSR count). The van der Waals surface area contributed by atoms with Gasteiger partial charge in [-0.25, -0.2) is 14.4 Å². The lowest BCUT2D eigenvalue weighted by molar-refractivity contribution is 0.0717. The Morgan fingerprint density at radius 1 is 1.33 bits per heavy atom. The second kappa shape index (κ2) is 8.55. The van der Waals surface area contributed by atoms with Gasteiger partial charge >= 0.3 is 0 Å². The first-order chi connectivity index (χ1) is 14.5. The van der Waals surface area contributed by atoms with Crippen LogP contribution in [0.4, 0.5) is 21.6 Å². The zero-order valence-electron chi connectivity index (χ0n) is 17.8. The Labute approximate surface area is 176 Å². The van der Waals surface area contributed by atoms with Crippen LogP contribution in [0.5, 0.6) is 0 Å². The molecule has 2 aliphatic heterocycles. The summed E-state index contributed by atoms with van der Waals surface area (Å²) in [4.78, 5) is 28.2. The molecule has 3 heterocycles. The van der Waals surface area contributed by atoms with E-state index < -0.39 is 5.82 Å². The Hall–Kier alpha value is -2.74. The number of rotatable bonds is 5. The number of amides is 1. The number of anilines is 3. The second-order valence-electron chi connectivity index (χ2n) is 8.07. The molecule has 7 nitrogen and oxygen atoms in total. The third-order valence-corrected chi connectivity index (χ3v) is 5.98. The fourth-order valence-corrected chi connectivity index (χ4v) is 4.49. The topological polar surface area (TPSA) is 64.6 Å². The van der Waals surface area contributed by atoms with Crippen molar-refractivity contribution in [3.8, 4) is 0 Å². The van der Waals surface area contributed by atoms with E-state index in [1.807, 2.05) is 20.8 Å². The minimum absolute atomic E-state index is 0.0287. The van der Waals surface area contributed by atoms with Gasteiger partial charge in [-0.2, -0.15) is 0 Å². The van der Waals surface area contributed by atoms with Crippen molar-refractivity contribution >= 4 is 23.1 Å². The summed E-state index contributed by atoms with van der Waals surface area (Å²) in [6.45, 7) is 9.84. The van der Waals surface area contributed by atoms with Gasteiger partial charge in [-0.1, -0.05) is 0 Å². The summed E-state index contributed by atoms with van der Waals surface area (Å²) >= 11 is 0. The van der Waals surface area contributed by atoms with Crippen LogP contribution in [0.25, 0.3) is 0 Å². The van der Waals surface area contributed by atoms with E-state index in [4.69, 9.17) is 0 Å². The summed E-state index contributed by atoms with van der Waals surface area (Å²) in [5.74, 6) is 0.286. The predicted molar refractivity (Wildman–Crippen MR) is 116 cm³/mol. The number of aromatic nitrogens is 2. The van der Waals surface area contributed by atoms with Gasteiger partial charge in [0.15, 0.2) is 5.82 Å². The zero-order chi connectivity index (χ0) is 21.3. The lowest BCUT2D eigenvalue weighted by Crippen LogP contribution is -2.46. The van der Waals surface area contributed by atoms with Gasteiger partial charge in [-0.05, 0) is 51.9 Å². The first-order valence-electron chi connectivity index (χ1n) is 10.7. The molecule has 8 heteroatoms. The summed E-state index contributed by atoms with van der Waals surface area (Å²) in [6.07, 6.45) is 4.42. The van der Waals surface area contributed by atoms with Crippen LogP contribution in [0.15, 0.2) is 30.7 Å². The average molecular weight is 413 g/mol. The number of nitrogens with one attached hydrogen (secondary N) is 1. The van der Waals surface area contributed by atoms with E-state index in [2.05, 4.69) is 25.1 Å².